The second kappa shape index (κ2) is 3.43. The highest BCUT2D eigenvalue weighted by molar-refractivity contribution is 5.78. The van der Waals surface area contributed by atoms with E-state index in [1.54, 1.807) is 0 Å². The van der Waals surface area contributed by atoms with Gasteiger partial charge in [0.05, 0.1) is 7.11 Å². The second-order valence-corrected chi connectivity index (χ2v) is 1.80. The fraction of sp³-hybridized carbons (Fsp3) is 0.500. The molecule has 0 fully saturated rings. The van der Waals surface area contributed by atoms with E-state index in [1.807, 2.05) is 0 Å². The number of hydrogen-bond donors (Lipinski definition) is 1. The Kier molecular flexibility index (Phi) is 3.13. The maximum Gasteiger partial charge on any atom is 0.379 e. The van der Waals surface area contributed by atoms with Crippen molar-refractivity contribution in [3.8, 4) is 0 Å². The number of alkyl halides is 2. The number of esters is 1. The fourth-order valence-corrected chi connectivity index (χ4v) is 0.405. The molecule has 5 heteroatoms. The summed E-state index contributed by atoms with van der Waals surface area (Å²) < 4.78 is 28.6. The highest BCUT2D eigenvalue weighted by Gasteiger charge is 2.46. The molecule has 0 saturated carbocycles. The molecule has 0 aliphatic carbocycles. The van der Waals surface area contributed by atoms with Crippen LogP contribution in [0.3, 0.4) is 0 Å². The number of aliphatic hydroxyl groups is 1. The topological polar surface area (TPSA) is 46.5 Å². The summed E-state index contributed by atoms with van der Waals surface area (Å²) in [6.07, 6.45) is -1.63. The van der Waals surface area contributed by atoms with Crippen LogP contribution in [0.4, 0.5) is 8.78 Å². The van der Waals surface area contributed by atoms with Crippen LogP contribution in [-0.4, -0.2) is 30.2 Å². The first-order chi connectivity index (χ1) is 4.96. The van der Waals surface area contributed by atoms with Gasteiger partial charge < -0.3 is 9.84 Å². The van der Waals surface area contributed by atoms with Gasteiger partial charge in [-0.3, -0.25) is 0 Å². The molecule has 3 nitrogen and oxygen atoms in total. The lowest BCUT2D eigenvalue weighted by Gasteiger charge is -2.16. The molecule has 1 N–H and O–H groups in total. The lowest BCUT2D eigenvalue weighted by Crippen LogP contribution is -2.40. The lowest BCUT2D eigenvalue weighted by molar-refractivity contribution is -0.180. The van der Waals surface area contributed by atoms with Crippen LogP contribution in [0.2, 0.25) is 0 Å². The maximum atomic E-state index is 12.4. The third-order valence-corrected chi connectivity index (χ3v) is 1.05. The largest absolute Gasteiger partial charge is 0.464 e. The molecule has 0 amide bonds. The number of carbonyl (C=O) groups is 1. The Morgan fingerprint density at radius 2 is 2.27 bits per heavy atom. The van der Waals surface area contributed by atoms with Gasteiger partial charge in [0.2, 0.25) is 0 Å². The molecule has 0 heterocycles. The number of methoxy groups -OCH3 is 1. The van der Waals surface area contributed by atoms with E-state index >= 15 is 0 Å². The van der Waals surface area contributed by atoms with Crippen molar-refractivity contribution in [1.82, 2.24) is 0 Å². The van der Waals surface area contributed by atoms with Gasteiger partial charge >= 0.3 is 11.9 Å². The van der Waals surface area contributed by atoms with Crippen LogP contribution in [0.5, 0.6) is 0 Å². The molecule has 0 aromatic heterocycles. The second-order valence-electron chi connectivity index (χ2n) is 1.80. The van der Waals surface area contributed by atoms with E-state index in [9.17, 15) is 13.6 Å². The van der Waals surface area contributed by atoms with Crippen molar-refractivity contribution in [3.63, 3.8) is 0 Å². The molecule has 64 valence electrons. The number of ether oxygens (including phenoxy) is 1. The van der Waals surface area contributed by atoms with Gasteiger partial charge in [-0.15, -0.1) is 6.58 Å². The predicted molar refractivity (Wildman–Crippen MR) is 33.2 cm³/mol. The minimum Gasteiger partial charge on any atom is -0.464 e. The molecule has 0 aliphatic heterocycles. The zero-order chi connectivity index (χ0) is 9.07. The number of carbonyl (C=O) groups excluding carboxylic acids is 1. The Morgan fingerprint density at radius 3 is 2.55 bits per heavy atom. The van der Waals surface area contributed by atoms with E-state index in [1.165, 1.54) is 0 Å². The van der Waals surface area contributed by atoms with Gasteiger partial charge in [0.15, 0.2) is 0 Å². The van der Waals surface area contributed by atoms with Gasteiger partial charge in [0.1, 0.15) is 6.10 Å². The zero-order valence-electron chi connectivity index (χ0n) is 5.88. The van der Waals surface area contributed by atoms with Crippen molar-refractivity contribution < 1.29 is 23.4 Å². The van der Waals surface area contributed by atoms with Crippen LogP contribution in [0.1, 0.15) is 0 Å². The summed E-state index contributed by atoms with van der Waals surface area (Å²) in [6, 6.07) is 0. The Morgan fingerprint density at radius 1 is 1.82 bits per heavy atom. The summed E-state index contributed by atoms with van der Waals surface area (Å²) in [5, 5.41) is 8.52. The molecule has 0 aromatic carbocycles. The Bertz CT molecular complexity index is 167. The Balaban J connectivity index is 4.43. The average Bonchev–Trinajstić information content (AvgIpc) is 2.01. The summed E-state index contributed by atoms with van der Waals surface area (Å²) >= 11 is 0. The van der Waals surface area contributed by atoms with E-state index in [0.29, 0.717) is 6.08 Å². The van der Waals surface area contributed by atoms with E-state index in [0.717, 1.165) is 7.11 Å². The van der Waals surface area contributed by atoms with Crippen molar-refractivity contribution in [1.29, 1.82) is 0 Å². The molecule has 0 saturated heterocycles. The third kappa shape index (κ3) is 1.98. The SMILES string of the molecule is C=CC(O)C(F)(F)C(=O)OC. The van der Waals surface area contributed by atoms with Gasteiger partial charge in [0.25, 0.3) is 0 Å². The lowest BCUT2D eigenvalue weighted by atomic mass is 10.2. The molecule has 0 bridgehead atoms. The van der Waals surface area contributed by atoms with Crippen LogP contribution < -0.4 is 0 Å². The van der Waals surface area contributed by atoms with Crippen molar-refractivity contribution in [2.75, 3.05) is 7.11 Å². The monoisotopic (exact) mass is 166 g/mol. The van der Waals surface area contributed by atoms with Gasteiger partial charge in [-0.2, -0.15) is 8.78 Å². The maximum absolute atomic E-state index is 12.4. The van der Waals surface area contributed by atoms with E-state index in [-0.39, 0.29) is 0 Å². The first kappa shape index (κ1) is 10.0. The molecule has 0 aliphatic rings. The summed E-state index contributed by atoms with van der Waals surface area (Å²) in [5.74, 6) is -5.68. The molecule has 0 spiro atoms. The van der Waals surface area contributed by atoms with Gasteiger partial charge in [0, 0.05) is 0 Å². The summed E-state index contributed by atoms with van der Waals surface area (Å²) in [7, 11) is 0.812. The average molecular weight is 166 g/mol. The van der Waals surface area contributed by atoms with Gasteiger partial charge in [-0.25, -0.2) is 4.79 Å². The fourth-order valence-electron chi connectivity index (χ4n) is 0.405. The summed E-state index contributed by atoms with van der Waals surface area (Å²) in [5.41, 5.74) is 0. The van der Waals surface area contributed by atoms with E-state index < -0.39 is 18.0 Å². The van der Waals surface area contributed by atoms with Crippen LogP contribution in [0.15, 0.2) is 12.7 Å². The smallest absolute Gasteiger partial charge is 0.379 e. The molecule has 11 heavy (non-hydrogen) atoms. The van der Waals surface area contributed by atoms with Crippen molar-refractivity contribution in [2.24, 2.45) is 0 Å². The van der Waals surface area contributed by atoms with E-state index in [2.05, 4.69) is 11.3 Å². The highest BCUT2D eigenvalue weighted by Crippen LogP contribution is 2.20. The molecule has 0 rings (SSSR count). The summed E-state index contributed by atoms with van der Waals surface area (Å²) in [4.78, 5) is 10.3. The van der Waals surface area contributed by atoms with Crippen LogP contribution in [0.25, 0.3) is 0 Å². The van der Waals surface area contributed by atoms with Crippen LogP contribution in [0, 0.1) is 0 Å². The molecule has 1 unspecified atom stereocenters. The Hall–Kier alpha value is -0.970. The number of halogens is 2. The van der Waals surface area contributed by atoms with E-state index in [4.69, 9.17) is 5.11 Å². The quantitative estimate of drug-likeness (QED) is 0.485. The third-order valence-electron chi connectivity index (χ3n) is 1.05. The Labute approximate surface area is 62.3 Å². The number of hydrogen-bond acceptors (Lipinski definition) is 3. The number of rotatable bonds is 3. The predicted octanol–water partition coefficient (Wildman–Crippen LogP) is 0.342. The first-order valence-electron chi connectivity index (χ1n) is 2.73. The molecule has 0 radical (unpaired) electrons. The van der Waals surface area contributed by atoms with Crippen LogP contribution >= 0.6 is 0 Å². The standard InChI is InChI=1S/C6H8F2O3/c1-3-4(9)6(7,8)5(10)11-2/h3-4,9H,1H2,2H3. The molecular weight excluding hydrogens is 158 g/mol. The molecule has 1 atom stereocenters. The zero-order valence-corrected chi connectivity index (χ0v) is 5.88. The highest BCUT2D eigenvalue weighted by atomic mass is 19.3. The van der Waals surface area contributed by atoms with Crippen molar-refractivity contribution in [2.45, 2.75) is 12.0 Å². The molecule has 0 aromatic rings. The normalized spacial score (nSPS) is 13.8. The van der Waals surface area contributed by atoms with Crippen molar-refractivity contribution in [3.05, 3.63) is 12.7 Å². The van der Waals surface area contributed by atoms with Crippen molar-refractivity contribution >= 4 is 5.97 Å². The minimum atomic E-state index is -3.91. The first-order valence-corrected chi connectivity index (χ1v) is 2.73. The minimum absolute atomic E-state index is 0.566. The molecular formula is C6H8F2O3. The van der Waals surface area contributed by atoms with Gasteiger partial charge in [-0.1, -0.05) is 6.08 Å². The van der Waals surface area contributed by atoms with Gasteiger partial charge in [-0.05, 0) is 0 Å². The van der Waals surface area contributed by atoms with Crippen LogP contribution in [-0.2, 0) is 9.53 Å². The summed E-state index contributed by atoms with van der Waals surface area (Å²) in [6.45, 7) is 2.91. The number of aliphatic hydroxyl groups excluding tert-OH is 1.